The fourth-order valence-electron chi connectivity index (χ4n) is 1.76. The number of rotatable bonds is 2. The summed E-state index contributed by atoms with van der Waals surface area (Å²) in [6.07, 6.45) is 0. The van der Waals surface area contributed by atoms with Gasteiger partial charge in [-0.05, 0) is 12.1 Å². The molecule has 0 bridgehead atoms. The van der Waals surface area contributed by atoms with Crippen LogP contribution < -0.4 is 10.2 Å². The van der Waals surface area contributed by atoms with Crippen molar-refractivity contribution >= 4 is 17.6 Å². The van der Waals surface area contributed by atoms with Crippen LogP contribution in [-0.4, -0.2) is 17.6 Å². The molecule has 0 amide bonds. The van der Waals surface area contributed by atoms with E-state index in [4.69, 9.17) is 10.8 Å². The van der Waals surface area contributed by atoms with Gasteiger partial charge in [-0.2, -0.15) is 0 Å². The van der Waals surface area contributed by atoms with E-state index in [1.54, 1.807) is 24.3 Å². The first kappa shape index (κ1) is 15.2. The van der Waals surface area contributed by atoms with E-state index >= 15 is 0 Å². The molecule has 0 saturated carbocycles. The molecule has 22 heavy (non-hydrogen) atoms. The molecule has 0 spiro atoms. The second-order valence-electron chi connectivity index (χ2n) is 4.39. The molecule has 6 nitrogen and oxygen atoms in total. The molecule has 3 N–H and O–H groups in total. The molecule has 112 valence electrons. The van der Waals surface area contributed by atoms with Crippen molar-refractivity contribution in [2.24, 2.45) is 0 Å². The van der Waals surface area contributed by atoms with Crippen LogP contribution in [0.4, 0.5) is 0 Å². The molecule has 0 saturated heterocycles. The fourth-order valence-corrected chi connectivity index (χ4v) is 1.76. The monoisotopic (exact) mass is 297 g/mol. The lowest BCUT2D eigenvalue weighted by Gasteiger charge is -1.99. The van der Waals surface area contributed by atoms with Gasteiger partial charge >= 0.3 is 5.97 Å². The van der Waals surface area contributed by atoms with Gasteiger partial charge in [-0.3, -0.25) is 20.6 Å². The van der Waals surface area contributed by atoms with Gasteiger partial charge in [-0.1, -0.05) is 42.5 Å². The number of para-hydroxylation sites is 1. The Bertz CT molecular complexity index is 666. The van der Waals surface area contributed by atoms with Crippen molar-refractivity contribution in [2.45, 2.75) is 6.92 Å². The van der Waals surface area contributed by atoms with Gasteiger partial charge in [0.15, 0.2) is 5.75 Å². The molecule has 2 aromatic carbocycles. The van der Waals surface area contributed by atoms with Crippen LogP contribution in [0, 0.1) is 10.8 Å². The van der Waals surface area contributed by atoms with Crippen molar-refractivity contribution < 1.29 is 14.6 Å². The molecule has 3 rings (SSSR count). The Morgan fingerprint density at radius 1 is 0.909 bits per heavy atom. The van der Waals surface area contributed by atoms with Crippen molar-refractivity contribution in [1.29, 1.82) is 10.8 Å². The summed E-state index contributed by atoms with van der Waals surface area (Å²) in [7, 11) is 0. The highest BCUT2D eigenvalue weighted by atomic mass is 17.2. The molecule has 1 heterocycles. The molecule has 1 aliphatic rings. The lowest BCUT2D eigenvalue weighted by Crippen LogP contribution is -2.19. The predicted molar refractivity (Wildman–Crippen MR) is 82.1 cm³/mol. The van der Waals surface area contributed by atoms with E-state index < -0.39 is 5.97 Å². The predicted octanol–water partition coefficient (Wildman–Crippen LogP) is 2.48. The summed E-state index contributed by atoms with van der Waals surface area (Å²) in [5.41, 5.74) is 1.63. The topological polar surface area (TPSA) is 95.3 Å². The van der Waals surface area contributed by atoms with Gasteiger partial charge in [0.1, 0.15) is 11.7 Å². The molecule has 6 heteroatoms. The van der Waals surface area contributed by atoms with Crippen LogP contribution >= 0.6 is 0 Å². The van der Waals surface area contributed by atoms with Gasteiger partial charge in [0.2, 0.25) is 0 Å². The molecule has 0 aliphatic carbocycles. The van der Waals surface area contributed by atoms with Crippen LogP contribution in [0.15, 0.2) is 54.6 Å². The highest BCUT2D eigenvalue weighted by molar-refractivity contribution is 6.23. The number of carbonyl (C=O) groups is 1. The van der Waals surface area contributed by atoms with E-state index in [2.05, 4.69) is 15.1 Å². The summed E-state index contributed by atoms with van der Waals surface area (Å²) in [5, 5.41) is 17.5. The number of hydrogen-bond donors (Lipinski definition) is 3. The maximum atomic E-state index is 10.3. The van der Waals surface area contributed by atoms with Gasteiger partial charge < -0.3 is 5.32 Å². The molecular formula is C16H15N3O3. The van der Waals surface area contributed by atoms with E-state index in [1.807, 2.05) is 30.3 Å². The molecule has 0 unspecified atom stereocenters. The maximum absolute atomic E-state index is 10.3. The Labute approximate surface area is 127 Å². The van der Waals surface area contributed by atoms with E-state index in [9.17, 15) is 4.79 Å². The molecule has 0 atom stereocenters. The van der Waals surface area contributed by atoms with Crippen molar-refractivity contribution in [1.82, 2.24) is 5.32 Å². The minimum atomic E-state index is -0.464. The SMILES string of the molecule is CC(=O)OOc1ccccc1.N=C1NC(=N)c2ccccc21. The van der Waals surface area contributed by atoms with Gasteiger partial charge in [0.25, 0.3) is 0 Å². The van der Waals surface area contributed by atoms with Crippen LogP contribution in [0.5, 0.6) is 5.75 Å². The lowest BCUT2D eigenvalue weighted by atomic mass is 10.1. The zero-order chi connectivity index (χ0) is 15.9. The fraction of sp³-hybridized carbons (Fsp3) is 0.0625. The van der Waals surface area contributed by atoms with Crippen molar-refractivity contribution in [3.8, 4) is 5.75 Å². The summed E-state index contributed by atoms with van der Waals surface area (Å²) < 4.78 is 0. The van der Waals surface area contributed by atoms with Gasteiger partial charge in [0.05, 0.1) is 0 Å². The summed E-state index contributed by atoms with van der Waals surface area (Å²) in [4.78, 5) is 19.2. The minimum Gasteiger partial charge on any atom is -0.325 e. The molecule has 0 aromatic heterocycles. The van der Waals surface area contributed by atoms with Gasteiger partial charge in [-0.15, -0.1) is 0 Å². The van der Waals surface area contributed by atoms with Crippen molar-refractivity contribution in [3.63, 3.8) is 0 Å². The largest absolute Gasteiger partial charge is 0.352 e. The highest BCUT2D eigenvalue weighted by Crippen LogP contribution is 2.13. The minimum absolute atomic E-state index is 0.325. The third-order valence-corrected chi connectivity index (χ3v) is 2.71. The van der Waals surface area contributed by atoms with E-state index in [-0.39, 0.29) is 0 Å². The molecular weight excluding hydrogens is 282 g/mol. The lowest BCUT2D eigenvalue weighted by molar-refractivity contribution is -0.210. The zero-order valence-corrected chi connectivity index (χ0v) is 11.9. The Kier molecular flexibility index (Phi) is 4.87. The maximum Gasteiger partial charge on any atom is 0.352 e. The van der Waals surface area contributed by atoms with E-state index in [1.165, 1.54) is 6.92 Å². The summed E-state index contributed by atoms with van der Waals surface area (Å²) in [6, 6.07) is 16.2. The Morgan fingerprint density at radius 2 is 1.41 bits per heavy atom. The van der Waals surface area contributed by atoms with Crippen molar-refractivity contribution in [2.75, 3.05) is 0 Å². The molecule has 1 aliphatic heterocycles. The smallest absolute Gasteiger partial charge is 0.325 e. The van der Waals surface area contributed by atoms with E-state index in [0.29, 0.717) is 17.4 Å². The van der Waals surface area contributed by atoms with Crippen LogP contribution in [0.2, 0.25) is 0 Å². The zero-order valence-electron chi connectivity index (χ0n) is 11.9. The summed E-state index contributed by atoms with van der Waals surface area (Å²) >= 11 is 0. The van der Waals surface area contributed by atoms with Crippen LogP contribution in [0.1, 0.15) is 18.1 Å². The number of nitrogens with one attached hydrogen (secondary N) is 3. The van der Waals surface area contributed by atoms with Crippen LogP contribution in [0.3, 0.4) is 0 Å². The average Bonchev–Trinajstić information content (AvgIpc) is 2.82. The standard InChI is InChI=1S/C8H7N3.C8H8O3/c9-7-5-3-1-2-4-6(5)8(10)11-7;1-7(9)10-11-8-5-3-2-4-6-8/h1-4H,(H3,9,10,11);2-6H,1H3. The quantitative estimate of drug-likeness (QED) is 0.586. The molecule has 0 radical (unpaired) electrons. The van der Waals surface area contributed by atoms with Gasteiger partial charge in [-0.25, -0.2) is 4.79 Å². The van der Waals surface area contributed by atoms with Crippen LogP contribution in [0.25, 0.3) is 0 Å². The number of amidine groups is 2. The summed E-state index contributed by atoms with van der Waals surface area (Å²) in [6.45, 7) is 1.28. The molecule has 0 fully saturated rings. The first-order valence-corrected chi connectivity index (χ1v) is 6.52. The Balaban J connectivity index is 0.000000160. The third-order valence-electron chi connectivity index (χ3n) is 2.71. The highest BCUT2D eigenvalue weighted by Gasteiger charge is 2.18. The molecule has 2 aromatic rings. The number of fused-ring (bicyclic) bond motifs is 1. The third kappa shape index (κ3) is 3.92. The number of hydrogen-bond acceptors (Lipinski definition) is 5. The number of carbonyl (C=O) groups excluding carboxylic acids is 1. The number of benzene rings is 2. The van der Waals surface area contributed by atoms with Gasteiger partial charge in [0, 0.05) is 18.1 Å². The first-order valence-electron chi connectivity index (χ1n) is 6.52. The normalized spacial score (nSPS) is 11.7. The Hall–Kier alpha value is -3.15. The van der Waals surface area contributed by atoms with Crippen molar-refractivity contribution in [3.05, 3.63) is 65.7 Å². The first-order chi connectivity index (χ1) is 10.6. The second-order valence-corrected chi connectivity index (χ2v) is 4.39. The Morgan fingerprint density at radius 3 is 1.91 bits per heavy atom. The van der Waals surface area contributed by atoms with E-state index in [0.717, 1.165) is 11.1 Å². The van der Waals surface area contributed by atoms with Crippen LogP contribution in [-0.2, 0) is 9.68 Å². The average molecular weight is 297 g/mol. The summed E-state index contributed by atoms with van der Waals surface area (Å²) in [5.74, 6) is 0.702. The second kappa shape index (κ2) is 7.03.